The third kappa shape index (κ3) is 4.51. The van der Waals surface area contributed by atoms with E-state index in [1.807, 2.05) is 0 Å². The SMILES string of the molecule is O=C(O)COc1ccc(F)c(NCc2c(F)ccc(-c3cccc(F)c3)c2F)c1F. The summed E-state index contributed by atoms with van der Waals surface area (Å²) in [7, 11) is 0. The molecule has 0 atom stereocenters. The summed E-state index contributed by atoms with van der Waals surface area (Å²) in [5, 5.41) is 10.9. The molecule has 2 N–H and O–H groups in total. The number of carboxylic acids is 1. The molecule has 0 heterocycles. The molecule has 0 aliphatic heterocycles. The molecule has 0 fully saturated rings. The number of ether oxygens (including phenoxy) is 1. The summed E-state index contributed by atoms with van der Waals surface area (Å²) in [6, 6.07) is 8.82. The van der Waals surface area contributed by atoms with Crippen molar-refractivity contribution in [3.63, 3.8) is 0 Å². The molecule has 0 unspecified atom stereocenters. The number of rotatable bonds is 7. The number of aliphatic carboxylic acids is 1. The minimum atomic E-state index is -1.37. The number of anilines is 1. The summed E-state index contributed by atoms with van der Waals surface area (Å²) in [4.78, 5) is 10.5. The lowest BCUT2D eigenvalue weighted by Crippen LogP contribution is -2.12. The summed E-state index contributed by atoms with van der Waals surface area (Å²) >= 11 is 0. The Kier molecular flexibility index (Phi) is 6.20. The predicted octanol–water partition coefficient (Wildman–Crippen LogP) is 5.12. The van der Waals surface area contributed by atoms with Crippen LogP contribution in [0.25, 0.3) is 11.1 Å². The van der Waals surface area contributed by atoms with Crippen molar-refractivity contribution in [2.75, 3.05) is 11.9 Å². The van der Waals surface area contributed by atoms with Gasteiger partial charge in [-0.3, -0.25) is 0 Å². The van der Waals surface area contributed by atoms with Crippen molar-refractivity contribution in [3.05, 3.63) is 83.2 Å². The van der Waals surface area contributed by atoms with Crippen LogP contribution in [-0.2, 0) is 11.3 Å². The molecule has 0 aliphatic rings. The van der Waals surface area contributed by atoms with E-state index in [1.165, 1.54) is 18.2 Å². The number of halogens is 5. The average molecular weight is 423 g/mol. The van der Waals surface area contributed by atoms with Gasteiger partial charge < -0.3 is 15.2 Å². The normalized spacial score (nSPS) is 10.7. The number of carbonyl (C=O) groups is 1. The zero-order valence-electron chi connectivity index (χ0n) is 15.2. The Labute approximate surface area is 167 Å². The van der Waals surface area contributed by atoms with E-state index in [9.17, 15) is 26.7 Å². The van der Waals surface area contributed by atoms with Crippen LogP contribution in [0.3, 0.4) is 0 Å². The van der Waals surface area contributed by atoms with Gasteiger partial charge in [-0.2, -0.15) is 0 Å². The maximum Gasteiger partial charge on any atom is 0.341 e. The zero-order valence-corrected chi connectivity index (χ0v) is 15.2. The van der Waals surface area contributed by atoms with Gasteiger partial charge in [0.2, 0.25) is 0 Å². The topological polar surface area (TPSA) is 58.6 Å². The van der Waals surface area contributed by atoms with Gasteiger partial charge in [0.15, 0.2) is 18.2 Å². The third-order valence-electron chi connectivity index (χ3n) is 4.17. The highest BCUT2D eigenvalue weighted by Gasteiger charge is 2.19. The van der Waals surface area contributed by atoms with Crippen LogP contribution in [0.1, 0.15) is 5.56 Å². The van der Waals surface area contributed by atoms with Crippen LogP contribution in [0, 0.1) is 29.1 Å². The number of hydrogen-bond acceptors (Lipinski definition) is 3. The Hall–Kier alpha value is -3.62. The minimum absolute atomic E-state index is 0.0906. The quantitative estimate of drug-likeness (QED) is 0.518. The van der Waals surface area contributed by atoms with Gasteiger partial charge in [0.25, 0.3) is 0 Å². The van der Waals surface area contributed by atoms with Crippen molar-refractivity contribution in [2.45, 2.75) is 6.54 Å². The summed E-state index contributed by atoms with van der Waals surface area (Å²) in [6.45, 7) is -1.50. The standard InChI is InChI=1S/C21H14F5NO3/c22-12-3-1-2-11(8-12)13-4-5-15(23)14(19(13)25)9-27-21-16(24)6-7-17(20(21)26)30-10-18(28)29/h1-8,27H,9-10H2,(H,28,29). The molecular formula is C21H14F5NO3. The molecule has 3 rings (SSSR count). The van der Waals surface area contributed by atoms with Gasteiger partial charge in [0, 0.05) is 17.7 Å². The lowest BCUT2D eigenvalue weighted by molar-refractivity contribution is -0.139. The highest BCUT2D eigenvalue weighted by Crippen LogP contribution is 2.31. The molecule has 30 heavy (non-hydrogen) atoms. The minimum Gasteiger partial charge on any atom is -0.479 e. The van der Waals surface area contributed by atoms with E-state index in [0.717, 1.165) is 30.3 Å². The van der Waals surface area contributed by atoms with E-state index in [4.69, 9.17) is 9.84 Å². The van der Waals surface area contributed by atoms with Gasteiger partial charge in [-0.05, 0) is 42.0 Å². The van der Waals surface area contributed by atoms with E-state index in [0.29, 0.717) is 0 Å². The molecule has 0 bridgehead atoms. The lowest BCUT2D eigenvalue weighted by atomic mass is 10.0. The number of carboxylic acid groups (broad SMARTS) is 1. The molecule has 4 nitrogen and oxygen atoms in total. The fourth-order valence-electron chi connectivity index (χ4n) is 2.76. The molecule has 0 radical (unpaired) electrons. The van der Waals surface area contributed by atoms with Gasteiger partial charge in [-0.1, -0.05) is 12.1 Å². The first kappa shape index (κ1) is 21.1. The smallest absolute Gasteiger partial charge is 0.341 e. The van der Waals surface area contributed by atoms with Crippen molar-refractivity contribution in [1.29, 1.82) is 0 Å². The van der Waals surface area contributed by atoms with Crippen LogP contribution in [0.4, 0.5) is 27.6 Å². The lowest BCUT2D eigenvalue weighted by Gasteiger charge is -2.14. The van der Waals surface area contributed by atoms with Crippen molar-refractivity contribution in [1.82, 2.24) is 0 Å². The second kappa shape index (κ2) is 8.81. The van der Waals surface area contributed by atoms with E-state index in [-0.39, 0.29) is 11.1 Å². The first-order valence-corrected chi connectivity index (χ1v) is 8.57. The number of hydrogen-bond donors (Lipinski definition) is 2. The molecule has 156 valence electrons. The Morgan fingerprint density at radius 2 is 1.67 bits per heavy atom. The molecule has 0 saturated carbocycles. The Balaban J connectivity index is 1.90. The summed E-state index contributed by atoms with van der Waals surface area (Å²) in [6.07, 6.45) is 0. The summed E-state index contributed by atoms with van der Waals surface area (Å²) in [5.41, 5.74) is -1.19. The van der Waals surface area contributed by atoms with E-state index < -0.39 is 65.2 Å². The van der Waals surface area contributed by atoms with Crippen molar-refractivity contribution in [3.8, 4) is 16.9 Å². The van der Waals surface area contributed by atoms with Crippen LogP contribution < -0.4 is 10.1 Å². The molecule has 0 spiro atoms. The first-order valence-electron chi connectivity index (χ1n) is 8.57. The molecule has 0 saturated heterocycles. The average Bonchev–Trinajstić information content (AvgIpc) is 2.69. The third-order valence-corrected chi connectivity index (χ3v) is 4.17. The van der Waals surface area contributed by atoms with Crippen LogP contribution in [-0.4, -0.2) is 17.7 Å². The first-order chi connectivity index (χ1) is 14.3. The molecule has 9 heteroatoms. The summed E-state index contributed by atoms with van der Waals surface area (Å²) in [5.74, 6) is -6.84. The van der Waals surface area contributed by atoms with Gasteiger partial charge in [0.1, 0.15) is 29.0 Å². The molecule has 3 aromatic rings. The second-order valence-electron chi connectivity index (χ2n) is 6.17. The predicted molar refractivity (Wildman–Crippen MR) is 98.6 cm³/mol. The molecular weight excluding hydrogens is 409 g/mol. The Morgan fingerprint density at radius 3 is 2.37 bits per heavy atom. The summed E-state index contributed by atoms with van der Waals surface area (Å²) < 4.78 is 75.6. The highest BCUT2D eigenvalue weighted by molar-refractivity contribution is 5.68. The van der Waals surface area contributed by atoms with Crippen LogP contribution in [0.5, 0.6) is 5.75 Å². The maximum absolute atomic E-state index is 14.9. The fourth-order valence-corrected chi connectivity index (χ4v) is 2.76. The Morgan fingerprint density at radius 1 is 0.933 bits per heavy atom. The van der Waals surface area contributed by atoms with Crippen molar-refractivity contribution < 1.29 is 36.6 Å². The molecule has 3 aromatic carbocycles. The van der Waals surface area contributed by atoms with Crippen molar-refractivity contribution >= 4 is 11.7 Å². The van der Waals surface area contributed by atoms with Crippen molar-refractivity contribution in [2.24, 2.45) is 0 Å². The van der Waals surface area contributed by atoms with E-state index in [2.05, 4.69) is 5.32 Å². The number of benzene rings is 3. The monoisotopic (exact) mass is 423 g/mol. The van der Waals surface area contributed by atoms with Gasteiger partial charge in [-0.15, -0.1) is 0 Å². The highest BCUT2D eigenvalue weighted by atomic mass is 19.1. The molecule has 0 aromatic heterocycles. The zero-order chi connectivity index (χ0) is 21.8. The largest absolute Gasteiger partial charge is 0.479 e. The van der Waals surface area contributed by atoms with E-state index >= 15 is 0 Å². The van der Waals surface area contributed by atoms with Gasteiger partial charge in [-0.25, -0.2) is 26.7 Å². The Bertz CT molecular complexity index is 1100. The maximum atomic E-state index is 14.9. The fraction of sp³-hybridized carbons (Fsp3) is 0.0952. The van der Waals surface area contributed by atoms with E-state index in [1.54, 1.807) is 0 Å². The van der Waals surface area contributed by atoms with Gasteiger partial charge >= 0.3 is 5.97 Å². The van der Waals surface area contributed by atoms with Gasteiger partial charge in [0.05, 0.1) is 0 Å². The molecule has 0 aliphatic carbocycles. The second-order valence-corrected chi connectivity index (χ2v) is 6.17. The van der Waals surface area contributed by atoms with Crippen LogP contribution in [0.15, 0.2) is 48.5 Å². The van der Waals surface area contributed by atoms with Crippen LogP contribution in [0.2, 0.25) is 0 Å². The van der Waals surface area contributed by atoms with Crippen LogP contribution >= 0.6 is 0 Å². The number of nitrogens with one attached hydrogen (secondary N) is 1. The molecule has 0 amide bonds.